The second-order valence-electron chi connectivity index (χ2n) is 5.24. The second kappa shape index (κ2) is 7.19. The third kappa shape index (κ3) is 4.04. The zero-order valence-electron chi connectivity index (χ0n) is 12.1. The van der Waals surface area contributed by atoms with Gasteiger partial charge in [-0.15, -0.1) is 0 Å². The number of ether oxygens (including phenoxy) is 1. The van der Waals surface area contributed by atoms with Crippen LogP contribution < -0.4 is 5.73 Å². The standard InChI is InChI=1S/C14H21BrN2O3S/c1-17(10-12-4-2-3-7-20-12)21(18,19)14-6-5-11(9-16)8-13(14)15/h5-6,8,12H,2-4,7,9-10,16H2,1H3. The Hall–Kier alpha value is -0.470. The molecule has 1 aliphatic rings. The van der Waals surface area contributed by atoms with Gasteiger partial charge in [-0.05, 0) is 52.9 Å². The van der Waals surface area contributed by atoms with E-state index in [1.165, 1.54) is 4.31 Å². The molecule has 1 heterocycles. The first kappa shape index (κ1) is 16.9. The van der Waals surface area contributed by atoms with Crippen molar-refractivity contribution in [3.8, 4) is 0 Å². The van der Waals surface area contributed by atoms with Crippen LogP contribution in [-0.4, -0.2) is 39.0 Å². The smallest absolute Gasteiger partial charge is 0.244 e. The third-order valence-corrected chi connectivity index (χ3v) is 6.46. The van der Waals surface area contributed by atoms with Crippen LogP contribution in [0.25, 0.3) is 0 Å². The topological polar surface area (TPSA) is 72.6 Å². The van der Waals surface area contributed by atoms with Crippen molar-refractivity contribution in [1.29, 1.82) is 0 Å². The Labute approximate surface area is 134 Å². The Morgan fingerprint density at radius 1 is 1.43 bits per heavy atom. The largest absolute Gasteiger partial charge is 0.377 e. The van der Waals surface area contributed by atoms with E-state index in [1.54, 1.807) is 25.2 Å². The second-order valence-corrected chi connectivity index (χ2v) is 8.11. The minimum atomic E-state index is -3.53. The van der Waals surface area contributed by atoms with E-state index in [0.29, 0.717) is 24.2 Å². The van der Waals surface area contributed by atoms with Crippen LogP contribution in [-0.2, 0) is 21.3 Å². The summed E-state index contributed by atoms with van der Waals surface area (Å²) < 4.78 is 32.8. The van der Waals surface area contributed by atoms with E-state index in [4.69, 9.17) is 10.5 Å². The van der Waals surface area contributed by atoms with Crippen LogP contribution in [0.4, 0.5) is 0 Å². The molecule has 7 heteroatoms. The zero-order valence-corrected chi connectivity index (χ0v) is 14.5. The lowest BCUT2D eigenvalue weighted by Crippen LogP contribution is -2.37. The fraction of sp³-hybridized carbons (Fsp3) is 0.571. The summed E-state index contributed by atoms with van der Waals surface area (Å²) in [6.07, 6.45) is 3.04. The molecule has 1 fully saturated rings. The summed E-state index contributed by atoms with van der Waals surface area (Å²) >= 11 is 3.32. The van der Waals surface area contributed by atoms with E-state index < -0.39 is 10.0 Å². The minimum Gasteiger partial charge on any atom is -0.377 e. The quantitative estimate of drug-likeness (QED) is 0.853. The van der Waals surface area contributed by atoms with Gasteiger partial charge in [0, 0.05) is 31.2 Å². The molecule has 2 N–H and O–H groups in total. The predicted molar refractivity (Wildman–Crippen MR) is 85.4 cm³/mol. The van der Waals surface area contributed by atoms with Crippen molar-refractivity contribution in [2.45, 2.75) is 36.8 Å². The number of rotatable bonds is 5. The number of hydrogen-bond acceptors (Lipinski definition) is 4. The van der Waals surface area contributed by atoms with Crippen LogP contribution in [0.2, 0.25) is 0 Å². The minimum absolute atomic E-state index is 0.0133. The molecule has 0 aliphatic carbocycles. The first-order valence-corrected chi connectivity index (χ1v) is 9.25. The van der Waals surface area contributed by atoms with E-state index in [0.717, 1.165) is 24.8 Å². The number of nitrogens with two attached hydrogens (primary N) is 1. The number of sulfonamides is 1. The summed E-state index contributed by atoms with van der Waals surface area (Å²) in [5.74, 6) is 0. The highest BCUT2D eigenvalue weighted by molar-refractivity contribution is 9.10. The van der Waals surface area contributed by atoms with Crippen molar-refractivity contribution >= 4 is 26.0 Å². The van der Waals surface area contributed by atoms with Crippen LogP contribution in [0.15, 0.2) is 27.6 Å². The first-order chi connectivity index (χ1) is 9.95. The van der Waals surface area contributed by atoms with Gasteiger partial charge in [0.05, 0.1) is 11.0 Å². The van der Waals surface area contributed by atoms with Gasteiger partial charge in [-0.1, -0.05) is 6.07 Å². The van der Waals surface area contributed by atoms with E-state index in [2.05, 4.69) is 15.9 Å². The highest BCUT2D eigenvalue weighted by Gasteiger charge is 2.27. The first-order valence-electron chi connectivity index (χ1n) is 7.01. The number of likely N-dealkylation sites (N-methyl/N-ethyl adjacent to an activating group) is 1. The average Bonchev–Trinajstić information content (AvgIpc) is 2.47. The van der Waals surface area contributed by atoms with Crippen molar-refractivity contribution in [3.63, 3.8) is 0 Å². The molecule has 1 aromatic rings. The van der Waals surface area contributed by atoms with Crippen LogP contribution in [0.5, 0.6) is 0 Å². The monoisotopic (exact) mass is 376 g/mol. The van der Waals surface area contributed by atoms with Gasteiger partial charge in [-0.3, -0.25) is 0 Å². The van der Waals surface area contributed by atoms with Crippen LogP contribution in [0.1, 0.15) is 24.8 Å². The number of nitrogens with zero attached hydrogens (tertiary/aromatic N) is 1. The Kier molecular flexibility index (Phi) is 5.79. The van der Waals surface area contributed by atoms with Gasteiger partial charge < -0.3 is 10.5 Å². The van der Waals surface area contributed by atoms with Gasteiger partial charge >= 0.3 is 0 Å². The highest BCUT2D eigenvalue weighted by atomic mass is 79.9. The van der Waals surface area contributed by atoms with E-state index in [9.17, 15) is 8.42 Å². The molecule has 5 nitrogen and oxygen atoms in total. The Morgan fingerprint density at radius 2 is 2.19 bits per heavy atom. The molecule has 0 amide bonds. The Bertz CT molecular complexity index is 586. The molecule has 1 aromatic carbocycles. The Morgan fingerprint density at radius 3 is 2.76 bits per heavy atom. The molecule has 0 radical (unpaired) electrons. The fourth-order valence-corrected chi connectivity index (χ4v) is 4.67. The predicted octanol–water partition coefficient (Wildman–Crippen LogP) is 2.10. The number of hydrogen-bond donors (Lipinski definition) is 1. The summed E-state index contributed by atoms with van der Waals surface area (Å²) in [4.78, 5) is 0.262. The van der Waals surface area contributed by atoms with Gasteiger partial charge in [-0.25, -0.2) is 8.42 Å². The average molecular weight is 377 g/mol. The Balaban J connectivity index is 2.16. The molecule has 118 valence electrons. The molecule has 0 aromatic heterocycles. The third-order valence-electron chi connectivity index (χ3n) is 3.65. The van der Waals surface area contributed by atoms with Gasteiger partial charge in [0.15, 0.2) is 0 Å². The summed E-state index contributed by atoms with van der Waals surface area (Å²) in [6, 6.07) is 5.08. The highest BCUT2D eigenvalue weighted by Crippen LogP contribution is 2.26. The van der Waals surface area contributed by atoms with Gasteiger partial charge in [0.2, 0.25) is 10.0 Å². The van der Waals surface area contributed by atoms with Crippen molar-refractivity contribution in [3.05, 3.63) is 28.2 Å². The lowest BCUT2D eigenvalue weighted by molar-refractivity contribution is 0.00858. The maximum atomic E-state index is 12.6. The van der Waals surface area contributed by atoms with Gasteiger partial charge in [-0.2, -0.15) is 4.31 Å². The maximum Gasteiger partial charge on any atom is 0.244 e. The molecule has 2 rings (SSSR count). The SMILES string of the molecule is CN(CC1CCCCO1)S(=O)(=O)c1ccc(CN)cc1Br. The molecule has 1 saturated heterocycles. The molecule has 0 spiro atoms. The number of benzene rings is 1. The molecule has 0 saturated carbocycles. The maximum absolute atomic E-state index is 12.6. The van der Waals surface area contributed by atoms with Gasteiger partial charge in [0.25, 0.3) is 0 Å². The fourth-order valence-electron chi connectivity index (χ4n) is 2.38. The molecule has 1 atom stereocenters. The van der Waals surface area contributed by atoms with Crippen LogP contribution in [0, 0.1) is 0 Å². The van der Waals surface area contributed by atoms with E-state index in [-0.39, 0.29) is 11.0 Å². The van der Waals surface area contributed by atoms with Gasteiger partial charge in [0.1, 0.15) is 0 Å². The summed E-state index contributed by atoms with van der Waals surface area (Å²) in [5, 5.41) is 0. The molecule has 1 unspecified atom stereocenters. The van der Waals surface area contributed by atoms with Crippen LogP contribution >= 0.6 is 15.9 Å². The summed E-state index contributed by atoms with van der Waals surface area (Å²) in [7, 11) is -1.93. The van der Waals surface area contributed by atoms with Crippen LogP contribution in [0.3, 0.4) is 0 Å². The molecular formula is C14H21BrN2O3S. The van der Waals surface area contributed by atoms with E-state index >= 15 is 0 Å². The molecule has 0 bridgehead atoms. The summed E-state index contributed by atoms with van der Waals surface area (Å²) in [6.45, 7) is 1.48. The molecular weight excluding hydrogens is 356 g/mol. The van der Waals surface area contributed by atoms with Crippen molar-refractivity contribution in [1.82, 2.24) is 4.31 Å². The summed E-state index contributed by atoms with van der Waals surface area (Å²) in [5.41, 5.74) is 6.45. The lowest BCUT2D eigenvalue weighted by Gasteiger charge is -2.27. The normalized spacial score (nSPS) is 19.9. The number of halogens is 1. The zero-order chi connectivity index (χ0) is 15.5. The van der Waals surface area contributed by atoms with Crippen molar-refractivity contribution < 1.29 is 13.2 Å². The van der Waals surface area contributed by atoms with Crippen molar-refractivity contribution in [2.75, 3.05) is 20.2 Å². The lowest BCUT2D eigenvalue weighted by atomic mass is 10.1. The molecule has 1 aliphatic heterocycles. The van der Waals surface area contributed by atoms with Crippen molar-refractivity contribution in [2.24, 2.45) is 5.73 Å². The van der Waals surface area contributed by atoms with E-state index in [1.807, 2.05) is 0 Å². The molecule has 21 heavy (non-hydrogen) atoms.